The molecule has 0 saturated carbocycles. The second-order valence-corrected chi connectivity index (χ2v) is 7.46. The molecule has 0 spiro atoms. The van der Waals surface area contributed by atoms with Gasteiger partial charge in [-0.05, 0) is 12.1 Å². The first-order chi connectivity index (χ1) is 14.7. The number of carbonyl (C=O) groups excluding carboxylic acids is 1. The summed E-state index contributed by atoms with van der Waals surface area (Å²) in [7, 11) is 0. The summed E-state index contributed by atoms with van der Waals surface area (Å²) in [5, 5.41) is 2.65. The van der Waals surface area contributed by atoms with Crippen LogP contribution >= 0.6 is 0 Å². The molecule has 1 aliphatic heterocycles. The van der Waals surface area contributed by atoms with Crippen LogP contribution in [0.5, 0.6) is 0 Å². The zero-order valence-corrected chi connectivity index (χ0v) is 16.9. The van der Waals surface area contributed by atoms with E-state index in [-0.39, 0.29) is 18.1 Å². The minimum atomic E-state index is -0.412. The van der Waals surface area contributed by atoms with Gasteiger partial charge in [0.1, 0.15) is 11.6 Å². The lowest BCUT2D eigenvalue weighted by Gasteiger charge is -2.34. The summed E-state index contributed by atoms with van der Waals surface area (Å²) >= 11 is 0. The van der Waals surface area contributed by atoms with Gasteiger partial charge in [0.25, 0.3) is 0 Å². The number of anilines is 1. The number of amides is 1. The maximum absolute atomic E-state index is 13.7. The van der Waals surface area contributed by atoms with Crippen molar-refractivity contribution >= 4 is 11.6 Å². The molecule has 2 aromatic carbocycles. The van der Waals surface area contributed by atoms with E-state index in [1.165, 1.54) is 6.07 Å². The summed E-state index contributed by atoms with van der Waals surface area (Å²) in [5.41, 5.74) is 1.35. The Balaban J connectivity index is 1.23. The van der Waals surface area contributed by atoms with Gasteiger partial charge >= 0.3 is 0 Å². The Morgan fingerprint density at radius 2 is 1.63 bits per heavy atom. The number of nitrogens with zero attached hydrogens (tertiary/aromatic N) is 4. The predicted octanol–water partition coefficient (Wildman–Crippen LogP) is 2.95. The predicted molar refractivity (Wildman–Crippen MR) is 116 cm³/mol. The average Bonchev–Trinajstić information content (AvgIpc) is 3.24. The van der Waals surface area contributed by atoms with E-state index >= 15 is 0 Å². The minimum Gasteiger partial charge on any atom is -0.330 e. The van der Waals surface area contributed by atoms with E-state index in [2.05, 4.69) is 36.8 Å². The second kappa shape index (κ2) is 9.65. The summed E-state index contributed by atoms with van der Waals surface area (Å²) in [6.07, 6.45) is 3.86. The number of hydrogen-bond donors (Lipinski definition) is 1. The number of aromatic nitrogens is 2. The third-order valence-electron chi connectivity index (χ3n) is 5.38. The van der Waals surface area contributed by atoms with Crippen molar-refractivity contribution in [1.82, 2.24) is 19.4 Å². The number of halogens is 1. The van der Waals surface area contributed by atoms with Gasteiger partial charge in [-0.15, -0.1) is 0 Å². The van der Waals surface area contributed by atoms with Crippen molar-refractivity contribution in [2.45, 2.75) is 6.54 Å². The number of rotatable bonds is 7. The standard InChI is InChI=1S/C23H26FN5O/c24-20-8-4-5-9-21(20)26-22(30)18-28-14-12-27(13-15-28)16-17-29-11-10-25-23(29)19-6-2-1-3-7-19/h1-11H,12-18H2,(H,26,30). The number of nitrogens with one attached hydrogen (secondary N) is 1. The van der Waals surface area contributed by atoms with Gasteiger partial charge in [-0.25, -0.2) is 9.37 Å². The van der Waals surface area contributed by atoms with Gasteiger partial charge in [0.15, 0.2) is 0 Å². The Morgan fingerprint density at radius 1 is 0.933 bits per heavy atom. The average molecular weight is 407 g/mol. The Hall–Kier alpha value is -3.03. The molecule has 1 aromatic heterocycles. The first-order valence-corrected chi connectivity index (χ1v) is 10.2. The molecule has 0 bridgehead atoms. The lowest BCUT2D eigenvalue weighted by atomic mass is 10.2. The Kier molecular flexibility index (Phi) is 6.51. The summed E-state index contributed by atoms with van der Waals surface area (Å²) < 4.78 is 15.9. The molecule has 2 heterocycles. The van der Waals surface area contributed by atoms with Gasteiger partial charge in [-0.3, -0.25) is 14.6 Å². The molecule has 0 atom stereocenters. The molecular formula is C23H26FN5O. The number of hydrogen-bond acceptors (Lipinski definition) is 4. The van der Waals surface area contributed by atoms with Crippen LogP contribution in [0.4, 0.5) is 10.1 Å². The molecule has 3 aromatic rings. The largest absolute Gasteiger partial charge is 0.330 e. The highest BCUT2D eigenvalue weighted by Crippen LogP contribution is 2.17. The number of piperazine rings is 1. The van der Waals surface area contributed by atoms with Crippen LogP contribution in [-0.4, -0.2) is 64.5 Å². The van der Waals surface area contributed by atoms with Gasteiger partial charge in [-0.1, -0.05) is 42.5 Å². The quantitative estimate of drug-likeness (QED) is 0.654. The number of benzene rings is 2. The molecule has 0 aliphatic carbocycles. The van der Waals surface area contributed by atoms with Crippen LogP contribution in [0.3, 0.4) is 0 Å². The zero-order chi connectivity index (χ0) is 20.8. The summed E-state index contributed by atoms with van der Waals surface area (Å²) in [6.45, 7) is 5.54. The molecule has 1 fully saturated rings. The Bertz CT molecular complexity index is 966. The lowest BCUT2D eigenvalue weighted by Crippen LogP contribution is -2.49. The molecule has 30 heavy (non-hydrogen) atoms. The molecule has 7 heteroatoms. The van der Waals surface area contributed by atoms with Gasteiger partial charge in [0.05, 0.1) is 12.2 Å². The molecular weight excluding hydrogens is 381 g/mol. The van der Waals surface area contributed by atoms with Gasteiger partial charge < -0.3 is 9.88 Å². The van der Waals surface area contributed by atoms with Crippen molar-refractivity contribution < 1.29 is 9.18 Å². The van der Waals surface area contributed by atoms with E-state index in [0.717, 1.165) is 50.7 Å². The van der Waals surface area contributed by atoms with Crippen molar-refractivity contribution in [3.05, 3.63) is 72.8 Å². The Morgan fingerprint density at radius 3 is 2.40 bits per heavy atom. The monoisotopic (exact) mass is 407 g/mol. The summed E-state index contributed by atoms with van der Waals surface area (Å²) in [5.74, 6) is 0.392. The normalized spacial score (nSPS) is 15.2. The van der Waals surface area contributed by atoms with Crippen LogP contribution in [0, 0.1) is 5.82 Å². The topological polar surface area (TPSA) is 53.4 Å². The van der Waals surface area contributed by atoms with Gasteiger partial charge in [-0.2, -0.15) is 0 Å². The molecule has 1 aliphatic rings. The smallest absolute Gasteiger partial charge is 0.238 e. The van der Waals surface area contributed by atoms with Crippen LogP contribution in [0.1, 0.15) is 0 Å². The first kappa shape index (κ1) is 20.3. The molecule has 0 radical (unpaired) electrons. The second-order valence-electron chi connectivity index (χ2n) is 7.46. The molecule has 4 rings (SSSR count). The zero-order valence-electron chi connectivity index (χ0n) is 16.9. The molecule has 0 unspecified atom stereocenters. The molecule has 6 nitrogen and oxygen atoms in total. The van der Waals surface area contributed by atoms with Crippen molar-refractivity contribution in [3.8, 4) is 11.4 Å². The SMILES string of the molecule is O=C(CN1CCN(CCn2ccnc2-c2ccccc2)CC1)Nc1ccccc1F. The fraction of sp³-hybridized carbons (Fsp3) is 0.304. The van der Waals surface area contributed by atoms with Crippen molar-refractivity contribution in [2.75, 3.05) is 44.6 Å². The van der Waals surface area contributed by atoms with Gasteiger partial charge in [0.2, 0.25) is 5.91 Å². The van der Waals surface area contributed by atoms with E-state index in [4.69, 9.17) is 0 Å². The number of imidazole rings is 1. The van der Waals surface area contributed by atoms with E-state index in [1.54, 1.807) is 18.2 Å². The minimum absolute atomic E-state index is 0.181. The highest BCUT2D eigenvalue weighted by Gasteiger charge is 2.19. The molecule has 1 N–H and O–H groups in total. The van der Waals surface area contributed by atoms with Crippen LogP contribution in [0.2, 0.25) is 0 Å². The number of carbonyl (C=O) groups is 1. The molecule has 1 amide bonds. The lowest BCUT2D eigenvalue weighted by molar-refractivity contribution is -0.117. The van der Waals surface area contributed by atoms with Gasteiger partial charge in [0, 0.05) is 57.2 Å². The van der Waals surface area contributed by atoms with Crippen LogP contribution in [-0.2, 0) is 11.3 Å². The molecule has 1 saturated heterocycles. The third-order valence-corrected chi connectivity index (χ3v) is 5.38. The number of para-hydroxylation sites is 1. The van der Waals surface area contributed by atoms with E-state index in [9.17, 15) is 9.18 Å². The highest BCUT2D eigenvalue weighted by atomic mass is 19.1. The van der Waals surface area contributed by atoms with E-state index in [0.29, 0.717) is 0 Å². The van der Waals surface area contributed by atoms with Crippen molar-refractivity contribution in [3.63, 3.8) is 0 Å². The molecule has 156 valence electrons. The van der Waals surface area contributed by atoms with Crippen molar-refractivity contribution in [2.24, 2.45) is 0 Å². The van der Waals surface area contributed by atoms with E-state index in [1.807, 2.05) is 30.6 Å². The maximum Gasteiger partial charge on any atom is 0.238 e. The van der Waals surface area contributed by atoms with Crippen LogP contribution < -0.4 is 5.32 Å². The summed E-state index contributed by atoms with van der Waals surface area (Å²) in [4.78, 5) is 21.2. The van der Waals surface area contributed by atoms with Crippen LogP contribution in [0.15, 0.2) is 67.0 Å². The first-order valence-electron chi connectivity index (χ1n) is 10.2. The summed E-state index contributed by atoms with van der Waals surface area (Å²) in [6, 6.07) is 16.4. The highest BCUT2D eigenvalue weighted by molar-refractivity contribution is 5.92. The fourth-order valence-electron chi connectivity index (χ4n) is 3.71. The Labute approximate surface area is 175 Å². The maximum atomic E-state index is 13.7. The van der Waals surface area contributed by atoms with Crippen LogP contribution in [0.25, 0.3) is 11.4 Å². The third kappa shape index (κ3) is 5.11. The fourth-order valence-corrected chi connectivity index (χ4v) is 3.71. The van der Waals surface area contributed by atoms with E-state index < -0.39 is 5.82 Å². The van der Waals surface area contributed by atoms with Crippen molar-refractivity contribution in [1.29, 1.82) is 0 Å².